The molecule has 0 aliphatic carbocycles. The van der Waals surface area contributed by atoms with E-state index >= 15 is 0 Å². The summed E-state index contributed by atoms with van der Waals surface area (Å²) in [4.78, 5) is 2.64. The summed E-state index contributed by atoms with van der Waals surface area (Å²) in [5.41, 5.74) is 7.01. The van der Waals surface area contributed by atoms with Crippen molar-refractivity contribution in [3.63, 3.8) is 0 Å². The molecule has 4 rings (SSSR count). The van der Waals surface area contributed by atoms with Crippen molar-refractivity contribution in [2.24, 2.45) is 0 Å². The van der Waals surface area contributed by atoms with E-state index in [4.69, 9.17) is 0 Å². The predicted molar refractivity (Wildman–Crippen MR) is 102 cm³/mol. The molecule has 1 aliphatic heterocycles. The van der Waals surface area contributed by atoms with Crippen molar-refractivity contribution in [1.82, 2.24) is 9.47 Å². The first-order valence-electron chi connectivity index (χ1n) is 8.70. The number of aromatic nitrogens is 1. The Morgan fingerprint density at radius 1 is 1.08 bits per heavy atom. The molecule has 1 aliphatic rings. The van der Waals surface area contributed by atoms with E-state index in [-0.39, 0.29) is 0 Å². The molecule has 0 unspecified atom stereocenters. The lowest BCUT2D eigenvalue weighted by Gasteiger charge is -2.30. The molecule has 0 N–H and O–H groups in total. The highest BCUT2D eigenvalue weighted by Crippen LogP contribution is 2.34. The van der Waals surface area contributed by atoms with Crippen LogP contribution < -0.4 is 0 Å². The van der Waals surface area contributed by atoms with Gasteiger partial charge in [-0.2, -0.15) is 11.3 Å². The third-order valence-corrected chi connectivity index (χ3v) is 5.90. The summed E-state index contributed by atoms with van der Waals surface area (Å²) in [6, 6.07) is 14.0. The fourth-order valence-corrected chi connectivity index (χ4v) is 4.40. The third kappa shape index (κ3) is 2.94. The van der Waals surface area contributed by atoms with Gasteiger partial charge in [0.2, 0.25) is 0 Å². The lowest BCUT2D eigenvalue weighted by Crippen LogP contribution is -2.29. The van der Waals surface area contributed by atoms with Crippen molar-refractivity contribution < 1.29 is 0 Å². The third-order valence-electron chi connectivity index (χ3n) is 5.17. The first kappa shape index (κ1) is 15.7. The minimum Gasteiger partial charge on any atom is -0.350 e. The average Bonchev–Trinajstić information content (AvgIpc) is 3.21. The molecule has 3 heteroatoms. The lowest BCUT2D eigenvalue weighted by molar-refractivity contribution is 0.220. The molecule has 0 amide bonds. The van der Waals surface area contributed by atoms with Crippen LogP contribution in [-0.2, 0) is 13.1 Å². The molecule has 0 spiro atoms. The van der Waals surface area contributed by atoms with E-state index in [1.54, 1.807) is 11.3 Å². The zero-order chi connectivity index (χ0) is 16.5. The van der Waals surface area contributed by atoms with E-state index in [2.05, 4.69) is 76.7 Å². The molecule has 124 valence electrons. The van der Waals surface area contributed by atoms with Crippen LogP contribution in [0.2, 0.25) is 0 Å². The lowest BCUT2D eigenvalue weighted by atomic mass is 9.97. The molecule has 1 aromatic carbocycles. The molecule has 2 aromatic heterocycles. The summed E-state index contributed by atoms with van der Waals surface area (Å²) in [6.07, 6.45) is 3.44. The van der Waals surface area contributed by atoms with Crippen LogP contribution in [0.15, 0.2) is 53.4 Å². The van der Waals surface area contributed by atoms with Crippen molar-refractivity contribution in [3.8, 4) is 0 Å². The second-order valence-electron chi connectivity index (χ2n) is 6.83. The number of benzene rings is 1. The van der Waals surface area contributed by atoms with Crippen LogP contribution in [0.3, 0.4) is 0 Å². The summed E-state index contributed by atoms with van der Waals surface area (Å²) in [6.45, 7) is 7.68. The van der Waals surface area contributed by atoms with Crippen molar-refractivity contribution in [3.05, 3.63) is 81.3 Å². The van der Waals surface area contributed by atoms with E-state index in [9.17, 15) is 0 Å². The summed E-state index contributed by atoms with van der Waals surface area (Å²) >= 11 is 1.79. The van der Waals surface area contributed by atoms with Crippen molar-refractivity contribution in [1.29, 1.82) is 0 Å². The fraction of sp³-hybridized carbons (Fsp3) is 0.333. The molecule has 3 heterocycles. The number of fused-ring (bicyclic) bond motifs is 1. The maximum absolute atomic E-state index is 2.64. The van der Waals surface area contributed by atoms with E-state index < -0.39 is 0 Å². The minimum atomic E-state index is 0.335. The summed E-state index contributed by atoms with van der Waals surface area (Å²) in [5.74, 6) is 0. The Morgan fingerprint density at radius 2 is 2.00 bits per heavy atom. The normalized spacial score (nSPS) is 18.3. The van der Waals surface area contributed by atoms with E-state index in [1.165, 1.54) is 34.4 Å². The van der Waals surface area contributed by atoms with Crippen LogP contribution in [0.1, 0.15) is 40.4 Å². The number of thiophene rings is 1. The molecular weight excluding hydrogens is 312 g/mol. The number of nitrogens with zero attached hydrogens (tertiary/aromatic N) is 2. The maximum atomic E-state index is 2.64. The quantitative estimate of drug-likeness (QED) is 0.641. The van der Waals surface area contributed by atoms with Gasteiger partial charge in [-0.15, -0.1) is 0 Å². The standard InChI is InChI=1S/C21H24N2S/c1-16-6-7-19(13-17(16)2)21-20-5-3-9-22(20)10-4-11-23(21)14-18-8-12-24-15-18/h3,5-9,12-13,15,21H,4,10-11,14H2,1-2H3/t21-/m1/s1. The van der Waals surface area contributed by atoms with E-state index in [1.807, 2.05) is 0 Å². The number of hydrogen-bond acceptors (Lipinski definition) is 2. The highest BCUT2D eigenvalue weighted by Gasteiger charge is 2.27. The van der Waals surface area contributed by atoms with Crippen LogP contribution >= 0.6 is 11.3 Å². The summed E-state index contributed by atoms with van der Waals surface area (Å²) < 4.78 is 2.44. The topological polar surface area (TPSA) is 8.17 Å². The van der Waals surface area contributed by atoms with Gasteiger partial charge >= 0.3 is 0 Å². The number of aryl methyl sites for hydroxylation is 3. The largest absolute Gasteiger partial charge is 0.350 e. The maximum Gasteiger partial charge on any atom is 0.0759 e. The first-order valence-corrected chi connectivity index (χ1v) is 9.64. The van der Waals surface area contributed by atoms with Crippen molar-refractivity contribution >= 4 is 11.3 Å². The average molecular weight is 337 g/mol. The Hall–Kier alpha value is -1.84. The molecule has 1 atom stereocenters. The zero-order valence-electron chi connectivity index (χ0n) is 14.4. The van der Waals surface area contributed by atoms with Gasteiger partial charge in [0.15, 0.2) is 0 Å². The Kier molecular flexibility index (Phi) is 4.30. The molecule has 2 nitrogen and oxygen atoms in total. The highest BCUT2D eigenvalue weighted by atomic mass is 32.1. The van der Waals surface area contributed by atoms with E-state index in [0.29, 0.717) is 6.04 Å². The molecular formula is C21H24N2S. The Labute approximate surface area is 148 Å². The van der Waals surface area contributed by atoms with Gasteiger partial charge in [0, 0.05) is 31.5 Å². The van der Waals surface area contributed by atoms with Gasteiger partial charge in [0.05, 0.1) is 6.04 Å². The van der Waals surface area contributed by atoms with Gasteiger partial charge in [0.25, 0.3) is 0 Å². The molecule has 0 fully saturated rings. The van der Waals surface area contributed by atoms with Crippen LogP contribution in [0.25, 0.3) is 0 Å². The smallest absolute Gasteiger partial charge is 0.0759 e. The monoisotopic (exact) mass is 336 g/mol. The molecule has 24 heavy (non-hydrogen) atoms. The highest BCUT2D eigenvalue weighted by molar-refractivity contribution is 7.07. The van der Waals surface area contributed by atoms with Crippen molar-refractivity contribution in [2.45, 2.75) is 39.4 Å². The molecule has 0 saturated heterocycles. The second kappa shape index (κ2) is 6.58. The predicted octanol–water partition coefficient (Wildman–Crippen LogP) is 5.16. The van der Waals surface area contributed by atoms with Crippen LogP contribution in [0.4, 0.5) is 0 Å². The SMILES string of the molecule is Cc1ccc([C@@H]2c3cccn3CCCN2Cc2ccsc2)cc1C. The number of hydrogen-bond donors (Lipinski definition) is 0. The van der Waals surface area contributed by atoms with Crippen LogP contribution in [-0.4, -0.2) is 16.0 Å². The molecule has 0 radical (unpaired) electrons. The Bertz CT molecular complexity index is 816. The summed E-state index contributed by atoms with van der Waals surface area (Å²) in [5, 5.41) is 4.46. The van der Waals surface area contributed by atoms with Gasteiger partial charge in [0.1, 0.15) is 0 Å². The van der Waals surface area contributed by atoms with Gasteiger partial charge < -0.3 is 4.57 Å². The fourth-order valence-electron chi connectivity index (χ4n) is 3.74. The summed E-state index contributed by atoms with van der Waals surface area (Å²) in [7, 11) is 0. The molecule has 0 bridgehead atoms. The van der Waals surface area contributed by atoms with Gasteiger partial charge in [-0.3, -0.25) is 4.90 Å². The minimum absolute atomic E-state index is 0.335. The van der Waals surface area contributed by atoms with Crippen molar-refractivity contribution in [2.75, 3.05) is 6.54 Å². The number of rotatable bonds is 3. The molecule has 3 aromatic rings. The van der Waals surface area contributed by atoms with Crippen LogP contribution in [0.5, 0.6) is 0 Å². The Morgan fingerprint density at radius 3 is 2.79 bits per heavy atom. The van der Waals surface area contributed by atoms with E-state index in [0.717, 1.165) is 19.6 Å². The van der Waals surface area contributed by atoms with Gasteiger partial charge in [-0.05, 0) is 71.5 Å². The Balaban J connectivity index is 1.77. The van der Waals surface area contributed by atoms with Crippen LogP contribution in [0, 0.1) is 13.8 Å². The second-order valence-corrected chi connectivity index (χ2v) is 7.61. The van der Waals surface area contributed by atoms with Gasteiger partial charge in [-0.25, -0.2) is 0 Å². The molecule has 0 saturated carbocycles. The first-order chi connectivity index (χ1) is 11.7. The zero-order valence-corrected chi connectivity index (χ0v) is 15.2. The van der Waals surface area contributed by atoms with Gasteiger partial charge in [-0.1, -0.05) is 18.2 Å².